The molecule has 1 unspecified atom stereocenters. The van der Waals surface area contributed by atoms with E-state index in [2.05, 4.69) is 26.0 Å². The molecule has 0 aromatic heterocycles. The summed E-state index contributed by atoms with van der Waals surface area (Å²) in [5, 5.41) is 0. The zero-order chi connectivity index (χ0) is 10.9. The quantitative estimate of drug-likeness (QED) is 0.804. The maximum Gasteiger partial charge on any atom is 0.124 e. The first kappa shape index (κ1) is 10.5. The molecule has 2 N–H and O–H groups in total. The fraction of sp³-hybridized carbons (Fsp3) is 0.538. The largest absolute Gasteiger partial charge is 0.485 e. The molecule has 0 saturated heterocycles. The molecule has 15 heavy (non-hydrogen) atoms. The lowest BCUT2D eigenvalue weighted by atomic mass is 9.82. The van der Waals surface area contributed by atoms with E-state index >= 15 is 0 Å². The first-order valence-corrected chi connectivity index (χ1v) is 5.65. The summed E-state index contributed by atoms with van der Waals surface area (Å²) in [4.78, 5) is 0. The minimum Gasteiger partial charge on any atom is -0.485 e. The molecular formula is C13H19NO. The lowest BCUT2D eigenvalue weighted by Gasteiger charge is -2.41. The van der Waals surface area contributed by atoms with Crippen molar-refractivity contribution in [3.05, 3.63) is 29.8 Å². The molecule has 2 rings (SSSR count). The lowest BCUT2D eigenvalue weighted by molar-refractivity contribution is 0.0106. The fourth-order valence-corrected chi connectivity index (χ4v) is 2.21. The van der Waals surface area contributed by atoms with Crippen molar-refractivity contribution in [2.45, 2.75) is 32.3 Å². The van der Waals surface area contributed by atoms with Gasteiger partial charge < -0.3 is 10.5 Å². The minimum atomic E-state index is -0.158. The summed E-state index contributed by atoms with van der Waals surface area (Å²) >= 11 is 0. The number of rotatable bonds is 2. The number of nitrogens with two attached hydrogens (primary N) is 1. The normalized spacial score (nSPS) is 24.8. The van der Waals surface area contributed by atoms with Gasteiger partial charge in [0.05, 0.1) is 0 Å². The fourth-order valence-electron chi connectivity index (χ4n) is 2.21. The molecule has 1 aliphatic heterocycles. The van der Waals surface area contributed by atoms with Gasteiger partial charge >= 0.3 is 0 Å². The van der Waals surface area contributed by atoms with E-state index in [9.17, 15) is 0 Å². The Labute approximate surface area is 91.4 Å². The SMILES string of the molecule is CC(C)C1(CN)CCc2ccccc2O1. The van der Waals surface area contributed by atoms with Crippen LogP contribution >= 0.6 is 0 Å². The van der Waals surface area contributed by atoms with Crippen molar-refractivity contribution < 1.29 is 4.74 Å². The van der Waals surface area contributed by atoms with E-state index in [1.165, 1.54) is 5.56 Å². The maximum absolute atomic E-state index is 6.11. The molecule has 0 radical (unpaired) electrons. The second-order valence-electron chi connectivity index (χ2n) is 4.63. The van der Waals surface area contributed by atoms with Crippen LogP contribution in [-0.4, -0.2) is 12.1 Å². The smallest absolute Gasteiger partial charge is 0.124 e. The van der Waals surface area contributed by atoms with Gasteiger partial charge in [-0.2, -0.15) is 0 Å². The van der Waals surface area contributed by atoms with Crippen LogP contribution in [0, 0.1) is 5.92 Å². The van der Waals surface area contributed by atoms with E-state index in [0.29, 0.717) is 12.5 Å². The lowest BCUT2D eigenvalue weighted by Crippen LogP contribution is -2.50. The molecule has 1 aliphatic rings. The number of hydrogen-bond donors (Lipinski definition) is 1. The first-order valence-electron chi connectivity index (χ1n) is 5.65. The molecule has 2 heteroatoms. The molecule has 1 heterocycles. The van der Waals surface area contributed by atoms with Crippen molar-refractivity contribution in [2.24, 2.45) is 11.7 Å². The third-order valence-corrected chi connectivity index (χ3v) is 3.50. The highest BCUT2D eigenvalue weighted by atomic mass is 16.5. The molecule has 1 aromatic rings. The molecule has 0 amide bonds. The summed E-state index contributed by atoms with van der Waals surface area (Å²) in [5.41, 5.74) is 7.02. The Morgan fingerprint density at radius 2 is 2.13 bits per heavy atom. The van der Waals surface area contributed by atoms with Crippen LogP contribution in [0.15, 0.2) is 24.3 Å². The average molecular weight is 205 g/mol. The van der Waals surface area contributed by atoms with Crippen molar-refractivity contribution in [3.8, 4) is 5.75 Å². The number of aryl methyl sites for hydroxylation is 1. The van der Waals surface area contributed by atoms with Gasteiger partial charge in [-0.05, 0) is 30.4 Å². The van der Waals surface area contributed by atoms with E-state index in [1.54, 1.807) is 0 Å². The van der Waals surface area contributed by atoms with Crippen LogP contribution in [0.2, 0.25) is 0 Å². The molecule has 1 aromatic carbocycles. The van der Waals surface area contributed by atoms with Crippen molar-refractivity contribution in [2.75, 3.05) is 6.54 Å². The zero-order valence-corrected chi connectivity index (χ0v) is 9.49. The van der Waals surface area contributed by atoms with Gasteiger partial charge in [0.15, 0.2) is 0 Å². The van der Waals surface area contributed by atoms with Gasteiger partial charge in [-0.3, -0.25) is 0 Å². The Hall–Kier alpha value is -1.02. The van der Waals surface area contributed by atoms with Crippen molar-refractivity contribution in [1.82, 2.24) is 0 Å². The highest BCUT2D eigenvalue weighted by Crippen LogP contribution is 2.36. The molecule has 0 aliphatic carbocycles. The van der Waals surface area contributed by atoms with Gasteiger partial charge in [0.2, 0.25) is 0 Å². The van der Waals surface area contributed by atoms with Gasteiger partial charge in [0.1, 0.15) is 11.4 Å². The average Bonchev–Trinajstić information content (AvgIpc) is 2.28. The molecule has 0 fully saturated rings. The van der Waals surface area contributed by atoms with Crippen LogP contribution in [0.1, 0.15) is 25.8 Å². The van der Waals surface area contributed by atoms with Crippen molar-refractivity contribution in [3.63, 3.8) is 0 Å². The Bertz CT molecular complexity index is 348. The van der Waals surface area contributed by atoms with Gasteiger partial charge in [-0.25, -0.2) is 0 Å². The summed E-state index contributed by atoms with van der Waals surface area (Å²) in [6, 6.07) is 8.26. The topological polar surface area (TPSA) is 35.2 Å². The van der Waals surface area contributed by atoms with Gasteiger partial charge in [-0.15, -0.1) is 0 Å². The first-order chi connectivity index (χ1) is 7.18. The van der Waals surface area contributed by atoms with Gasteiger partial charge in [0, 0.05) is 6.54 Å². The van der Waals surface area contributed by atoms with Crippen molar-refractivity contribution >= 4 is 0 Å². The summed E-state index contributed by atoms with van der Waals surface area (Å²) in [6.45, 7) is 4.96. The van der Waals surface area contributed by atoms with Crippen LogP contribution < -0.4 is 10.5 Å². The van der Waals surface area contributed by atoms with E-state index in [4.69, 9.17) is 10.5 Å². The second-order valence-corrected chi connectivity index (χ2v) is 4.63. The molecule has 2 nitrogen and oxygen atoms in total. The zero-order valence-electron chi connectivity index (χ0n) is 9.49. The Balaban J connectivity index is 2.31. The predicted molar refractivity (Wildman–Crippen MR) is 62.0 cm³/mol. The minimum absolute atomic E-state index is 0.158. The van der Waals surface area contributed by atoms with Crippen LogP contribution in [0.4, 0.5) is 0 Å². The summed E-state index contributed by atoms with van der Waals surface area (Å²) in [7, 11) is 0. The predicted octanol–water partition coefficient (Wildman–Crippen LogP) is 2.37. The highest BCUT2D eigenvalue weighted by molar-refractivity contribution is 5.36. The molecule has 1 atom stereocenters. The Morgan fingerprint density at radius 1 is 1.40 bits per heavy atom. The monoisotopic (exact) mass is 205 g/mol. The molecule has 82 valence electrons. The van der Waals surface area contributed by atoms with Crippen LogP contribution in [0.3, 0.4) is 0 Å². The summed E-state index contributed by atoms with van der Waals surface area (Å²) in [5.74, 6) is 1.47. The van der Waals surface area contributed by atoms with E-state index in [1.807, 2.05) is 12.1 Å². The van der Waals surface area contributed by atoms with Crippen LogP contribution in [0.5, 0.6) is 5.75 Å². The van der Waals surface area contributed by atoms with Crippen LogP contribution in [0.25, 0.3) is 0 Å². The molecule has 0 bridgehead atoms. The molecular weight excluding hydrogens is 186 g/mol. The third-order valence-electron chi connectivity index (χ3n) is 3.50. The molecule has 0 spiro atoms. The number of fused-ring (bicyclic) bond motifs is 1. The van der Waals surface area contributed by atoms with Gasteiger partial charge in [-0.1, -0.05) is 32.0 Å². The maximum atomic E-state index is 6.11. The number of hydrogen-bond acceptors (Lipinski definition) is 2. The number of ether oxygens (including phenoxy) is 1. The summed E-state index contributed by atoms with van der Waals surface area (Å²) in [6.07, 6.45) is 2.10. The van der Waals surface area contributed by atoms with Crippen molar-refractivity contribution in [1.29, 1.82) is 0 Å². The van der Waals surface area contributed by atoms with Gasteiger partial charge in [0.25, 0.3) is 0 Å². The van der Waals surface area contributed by atoms with E-state index in [-0.39, 0.29) is 5.60 Å². The number of para-hydroxylation sites is 1. The van der Waals surface area contributed by atoms with E-state index in [0.717, 1.165) is 18.6 Å². The number of benzene rings is 1. The molecule has 0 saturated carbocycles. The Morgan fingerprint density at radius 3 is 2.80 bits per heavy atom. The third kappa shape index (κ3) is 1.74. The summed E-state index contributed by atoms with van der Waals surface area (Å²) < 4.78 is 6.11. The van der Waals surface area contributed by atoms with E-state index < -0.39 is 0 Å². The highest BCUT2D eigenvalue weighted by Gasteiger charge is 2.37. The second kappa shape index (κ2) is 3.86. The Kier molecular flexibility index (Phi) is 2.70. The van der Waals surface area contributed by atoms with Crippen LogP contribution in [-0.2, 0) is 6.42 Å². The standard InChI is InChI=1S/C13H19NO/c1-10(2)13(9-14)8-7-11-5-3-4-6-12(11)15-13/h3-6,10H,7-9,14H2,1-2H3.